The molecule has 1 atom stereocenters. The van der Waals surface area contributed by atoms with Crippen LogP contribution >= 0.6 is 12.4 Å². The predicted molar refractivity (Wildman–Crippen MR) is 112 cm³/mol. The number of aromatic nitrogens is 3. The lowest BCUT2D eigenvalue weighted by molar-refractivity contribution is 0.0946. The van der Waals surface area contributed by atoms with Crippen LogP contribution < -0.4 is 11.1 Å². The Morgan fingerprint density at radius 2 is 1.89 bits per heavy atom. The Labute approximate surface area is 168 Å². The van der Waals surface area contributed by atoms with E-state index in [-0.39, 0.29) is 29.8 Å². The van der Waals surface area contributed by atoms with Crippen molar-refractivity contribution in [3.63, 3.8) is 0 Å². The molecule has 0 radical (unpaired) electrons. The van der Waals surface area contributed by atoms with Gasteiger partial charge < -0.3 is 11.1 Å². The largest absolute Gasteiger partial charge is 0.351 e. The number of nitrogens with one attached hydrogen (secondary N) is 1. The van der Waals surface area contributed by atoms with Crippen molar-refractivity contribution < 1.29 is 4.79 Å². The minimum Gasteiger partial charge on any atom is -0.351 e. The second-order valence-corrected chi connectivity index (χ2v) is 7.87. The smallest absolute Gasteiger partial charge is 0.273 e. The van der Waals surface area contributed by atoms with Crippen LogP contribution in [0.25, 0.3) is 5.69 Å². The third-order valence-corrected chi connectivity index (χ3v) is 4.33. The summed E-state index contributed by atoms with van der Waals surface area (Å²) >= 11 is 0. The van der Waals surface area contributed by atoms with Crippen LogP contribution in [0.4, 0.5) is 0 Å². The Morgan fingerprint density at radius 3 is 2.41 bits per heavy atom. The van der Waals surface area contributed by atoms with E-state index >= 15 is 0 Å². The molecule has 6 nitrogen and oxygen atoms in total. The molecule has 0 bridgehead atoms. The van der Waals surface area contributed by atoms with Crippen LogP contribution in [0, 0.1) is 0 Å². The van der Waals surface area contributed by atoms with E-state index in [1.807, 2.05) is 19.1 Å². The molecular weight excluding hydrogens is 362 g/mol. The Hall–Kier alpha value is -1.92. The third-order valence-electron chi connectivity index (χ3n) is 4.33. The minimum atomic E-state index is -0.188. The molecule has 1 aromatic carbocycles. The molecule has 2 rings (SSSR count). The zero-order chi connectivity index (χ0) is 19.3. The zero-order valence-corrected chi connectivity index (χ0v) is 17.8. The van der Waals surface area contributed by atoms with Crippen LogP contribution in [0.3, 0.4) is 0 Å². The van der Waals surface area contributed by atoms with Crippen molar-refractivity contribution in [3.8, 4) is 5.69 Å². The SMILES string of the molecule is CCCc1c(C(=O)NCCC(C)N)nnn1-c1ccc(C(C)(C)C)cc1.Cl. The molecule has 0 fully saturated rings. The highest BCUT2D eigenvalue weighted by molar-refractivity contribution is 5.93. The molecule has 0 aliphatic heterocycles. The van der Waals surface area contributed by atoms with Crippen LogP contribution in [0.2, 0.25) is 0 Å². The average Bonchev–Trinajstić information content (AvgIpc) is 2.98. The van der Waals surface area contributed by atoms with Gasteiger partial charge in [-0.3, -0.25) is 4.79 Å². The highest BCUT2D eigenvalue weighted by Crippen LogP contribution is 2.24. The zero-order valence-electron chi connectivity index (χ0n) is 17.0. The molecule has 2 aromatic rings. The lowest BCUT2D eigenvalue weighted by Gasteiger charge is -2.19. The van der Waals surface area contributed by atoms with Gasteiger partial charge in [-0.25, -0.2) is 4.68 Å². The van der Waals surface area contributed by atoms with E-state index < -0.39 is 0 Å². The number of benzene rings is 1. The van der Waals surface area contributed by atoms with Crippen molar-refractivity contribution in [1.29, 1.82) is 0 Å². The maximum atomic E-state index is 12.5. The highest BCUT2D eigenvalue weighted by Gasteiger charge is 2.20. The summed E-state index contributed by atoms with van der Waals surface area (Å²) in [6.45, 7) is 11.1. The number of nitrogens with zero attached hydrogens (tertiary/aromatic N) is 3. The second-order valence-electron chi connectivity index (χ2n) is 7.87. The number of carbonyl (C=O) groups excluding carboxylic acids is 1. The molecule has 1 amide bonds. The van der Waals surface area contributed by atoms with Gasteiger partial charge in [-0.1, -0.05) is 51.5 Å². The molecule has 1 aromatic heterocycles. The molecule has 1 heterocycles. The van der Waals surface area contributed by atoms with Crippen LogP contribution in [-0.2, 0) is 11.8 Å². The second kappa shape index (κ2) is 9.85. The van der Waals surface area contributed by atoms with E-state index in [0.717, 1.165) is 30.6 Å². The molecular formula is C20H32ClN5O. The van der Waals surface area contributed by atoms with E-state index in [2.05, 4.69) is 55.5 Å². The summed E-state index contributed by atoms with van der Waals surface area (Å²) in [5.41, 5.74) is 9.25. The quantitative estimate of drug-likeness (QED) is 0.754. The number of hydrogen-bond donors (Lipinski definition) is 2. The van der Waals surface area contributed by atoms with Gasteiger partial charge in [0.05, 0.1) is 11.4 Å². The van der Waals surface area contributed by atoms with Crippen molar-refractivity contribution in [2.45, 2.75) is 65.3 Å². The average molecular weight is 394 g/mol. The van der Waals surface area contributed by atoms with Gasteiger partial charge in [0.1, 0.15) is 0 Å². The van der Waals surface area contributed by atoms with Crippen molar-refractivity contribution in [2.24, 2.45) is 5.73 Å². The minimum absolute atomic E-state index is 0. The van der Waals surface area contributed by atoms with Gasteiger partial charge in [0.15, 0.2) is 5.69 Å². The van der Waals surface area contributed by atoms with Crippen LogP contribution in [0.15, 0.2) is 24.3 Å². The first-order chi connectivity index (χ1) is 12.2. The molecule has 0 saturated heterocycles. The summed E-state index contributed by atoms with van der Waals surface area (Å²) < 4.78 is 1.77. The van der Waals surface area contributed by atoms with Crippen LogP contribution in [-0.4, -0.2) is 33.5 Å². The van der Waals surface area contributed by atoms with Gasteiger partial charge in [-0.2, -0.15) is 0 Å². The fourth-order valence-corrected chi connectivity index (χ4v) is 2.75. The fourth-order valence-electron chi connectivity index (χ4n) is 2.75. The highest BCUT2D eigenvalue weighted by atomic mass is 35.5. The normalized spacial score (nSPS) is 12.4. The van der Waals surface area contributed by atoms with Crippen molar-refractivity contribution in [3.05, 3.63) is 41.2 Å². The summed E-state index contributed by atoms with van der Waals surface area (Å²) in [6.07, 6.45) is 2.38. The number of hydrogen-bond acceptors (Lipinski definition) is 4. The Morgan fingerprint density at radius 1 is 1.26 bits per heavy atom. The van der Waals surface area contributed by atoms with Gasteiger partial charge in [-0.15, -0.1) is 17.5 Å². The topological polar surface area (TPSA) is 85.8 Å². The standard InChI is InChI=1S/C20H31N5O.ClH/c1-6-7-17-18(19(26)22-13-12-14(2)21)23-24-25(17)16-10-8-15(9-11-16)20(3,4)5;/h8-11,14H,6-7,12-13,21H2,1-5H3,(H,22,26);1H. The lowest BCUT2D eigenvalue weighted by atomic mass is 9.87. The summed E-state index contributed by atoms with van der Waals surface area (Å²) in [5, 5.41) is 11.3. The van der Waals surface area contributed by atoms with Gasteiger partial charge >= 0.3 is 0 Å². The van der Waals surface area contributed by atoms with Gasteiger partial charge in [0.25, 0.3) is 5.91 Å². The van der Waals surface area contributed by atoms with Crippen molar-refractivity contribution in [1.82, 2.24) is 20.3 Å². The molecule has 3 N–H and O–H groups in total. The molecule has 150 valence electrons. The summed E-state index contributed by atoms with van der Waals surface area (Å²) in [7, 11) is 0. The molecule has 0 aliphatic carbocycles. The van der Waals surface area contributed by atoms with Gasteiger partial charge in [0.2, 0.25) is 0 Å². The summed E-state index contributed by atoms with van der Waals surface area (Å²) in [5.74, 6) is -0.188. The number of rotatable bonds is 7. The van der Waals surface area contributed by atoms with Crippen LogP contribution in [0.5, 0.6) is 0 Å². The van der Waals surface area contributed by atoms with Crippen molar-refractivity contribution >= 4 is 18.3 Å². The molecule has 27 heavy (non-hydrogen) atoms. The molecule has 0 spiro atoms. The van der Waals surface area contributed by atoms with E-state index in [1.165, 1.54) is 5.56 Å². The van der Waals surface area contributed by atoms with Gasteiger partial charge in [-0.05, 0) is 42.9 Å². The maximum absolute atomic E-state index is 12.5. The molecule has 0 saturated carbocycles. The van der Waals surface area contributed by atoms with Crippen molar-refractivity contribution in [2.75, 3.05) is 6.54 Å². The van der Waals surface area contributed by atoms with E-state index in [4.69, 9.17) is 5.73 Å². The Balaban J connectivity index is 0.00000364. The third kappa shape index (κ3) is 6.04. The summed E-state index contributed by atoms with van der Waals surface area (Å²) in [4.78, 5) is 12.5. The first-order valence-electron chi connectivity index (χ1n) is 9.33. The molecule has 0 aliphatic rings. The maximum Gasteiger partial charge on any atom is 0.273 e. The molecule has 1 unspecified atom stereocenters. The first-order valence-corrected chi connectivity index (χ1v) is 9.33. The monoisotopic (exact) mass is 393 g/mol. The number of halogens is 1. The van der Waals surface area contributed by atoms with E-state index in [0.29, 0.717) is 12.2 Å². The Bertz CT molecular complexity index is 732. The van der Waals surface area contributed by atoms with Crippen LogP contribution in [0.1, 0.15) is 69.2 Å². The fraction of sp³-hybridized carbons (Fsp3) is 0.550. The van der Waals surface area contributed by atoms with E-state index in [9.17, 15) is 4.79 Å². The molecule has 7 heteroatoms. The van der Waals surface area contributed by atoms with E-state index in [1.54, 1.807) is 4.68 Å². The Kier molecular flexibility index (Phi) is 8.44. The number of amides is 1. The summed E-state index contributed by atoms with van der Waals surface area (Å²) in [6, 6.07) is 8.34. The number of nitrogens with two attached hydrogens (primary N) is 1. The van der Waals surface area contributed by atoms with Gasteiger partial charge in [0, 0.05) is 12.6 Å². The predicted octanol–water partition coefficient (Wildman–Crippen LogP) is 3.41. The first kappa shape index (κ1) is 23.1. The lowest BCUT2D eigenvalue weighted by Crippen LogP contribution is -2.30. The number of carbonyl (C=O) groups is 1.